The summed E-state index contributed by atoms with van der Waals surface area (Å²) in [5.74, 6) is -0.0539. The van der Waals surface area contributed by atoms with E-state index in [0.29, 0.717) is 6.42 Å². The van der Waals surface area contributed by atoms with Crippen molar-refractivity contribution in [1.82, 2.24) is 5.32 Å². The minimum atomic E-state index is -0.836. The molecular formula is C65H129NO3. The maximum Gasteiger partial charge on any atom is 0.220 e. The zero-order chi connectivity index (χ0) is 49.9. The van der Waals surface area contributed by atoms with Gasteiger partial charge in [0.25, 0.3) is 0 Å². The minimum absolute atomic E-state index is 0.0539. The molecule has 2 unspecified atom stereocenters. The van der Waals surface area contributed by atoms with Gasteiger partial charge in [0.05, 0.1) is 18.8 Å². The summed E-state index contributed by atoms with van der Waals surface area (Å²) in [5.41, 5.74) is 0. The Labute approximate surface area is 435 Å². The molecular weight excluding hydrogens is 843 g/mol. The average molecular weight is 973 g/mol. The van der Waals surface area contributed by atoms with E-state index in [2.05, 4.69) is 19.2 Å². The van der Waals surface area contributed by atoms with Crippen LogP contribution in [0.1, 0.15) is 380 Å². The normalized spacial score (nSPS) is 12.7. The van der Waals surface area contributed by atoms with Crippen molar-refractivity contribution in [2.45, 2.75) is 392 Å². The van der Waals surface area contributed by atoms with E-state index < -0.39 is 12.1 Å². The summed E-state index contributed by atoms with van der Waals surface area (Å²) in [6, 6.07) is -0.619. The SMILES string of the molecule is CCCCCCCCCCCCCCCCCCCCCCC/C=C/C(O)C(CO)NC(=O)CCCCCCCCCCCCCCCCCCCCCCCCCCCCCCCCCCCC. The van der Waals surface area contributed by atoms with Crippen LogP contribution in [0.5, 0.6) is 0 Å². The van der Waals surface area contributed by atoms with Crippen LogP contribution in [-0.4, -0.2) is 34.9 Å². The molecule has 0 aliphatic carbocycles. The van der Waals surface area contributed by atoms with Crippen LogP contribution in [-0.2, 0) is 4.79 Å². The molecule has 4 heteroatoms. The molecule has 0 radical (unpaired) electrons. The first-order valence-electron chi connectivity index (χ1n) is 32.4. The molecule has 4 nitrogen and oxygen atoms in total. The molecule has 0 rings (SSSR count). The zero-order valence-electron chi connectivity index (χ0n) is 47.6. The van der Waals surface area contributed by atoms with Crippen LogP contribution < -0.4 is 5.32 Å². The number of carbonyl (C=O) groups excluding carboxylic acids is 1. The zero-order valence-corrected chi connectivity index (χ0v) is 47.6. The van der Waals surface area contributed by atoms with Crippen molar-refractivity contribution >= 4 is 5.91 Å². The molecule has 0 aliphatic rings. The average Bonchev–Trinajstić information content (AvgIpc) is 3.35. The lowest BCUT2D eigenvalue weighted by Gasteiger charge is -2.20. The third-order valence-electron chi connectivity index (χ3n) is 15.5. The number of unbranched alkanes of at least 4 members (excludes halogenated alkanes) is 54. The second kappa shape index (κ2) is 61.4. The first-order valence-corrected chi connectivity index (χ1v) is 32.4. The van der Waals surface area contributed by atoms with Crippen LogP contribution in [0.15, 0.2) is 12.2 Å². The number of amides is 1. The van der Waals surface area contributed by atoms with Crippen molar-refractivity contribution in [2.75, 3.05) is 6.61 Å². The summed E-state index contributed by atoms with van der Waals surface area (Å²) in [6.45, 7) is 4.36. The van der Waals surface area contributed by atoms with Gasteiger partial charge < -0.3 is 15.5 Å². The monoisotopic (exact) mass is 972 g/mol. The van der Waals surface area contributed by atoms with E-state index in [-0.39, 0.29) is 12.5 Å². The molecule has 2 atom stereocenters. The van der Waals surface area contributed by atoms with Gasteiger partial charge in [0.1, 0.15) is 0 Å². The first kappa shape index (κ1) is 68.1. The third kappa shape index (κ3) is 57.9. The predicted molar refractivity (Wildman–Crippen MR) is 309 cm³/mol. The molecule has 0 saturated carbocycles. The fourth-order valence-electron chi connectivity index (χ4n) is 10.6. The lowest BCUT2D eigenvalue weighted by Crippen LogP contribution is -2.45. The van der Waals surface area contributed by atoms with Crippen molar-refractivity contribution < 1.29 is 15.0 Å². The molecule has 69 heavy (non-hydrogen) atoms. The van der Waals surface area contributed by atoms with Crippen LogP contribution in [0, 0.1) is 0 Å². The lowest BCUT2D eigenvalue weighted by molar-refractivity contribution is -0.123. The van der Waals surface area contributed by atoms with E-state index in [4.69, 9.17) is 0 Å². The number of nitrogens with one attached hydrogen (secondary N) is 1. The summed E-state index contributed by atoms with van der Waals surface area (Å²) in [6.07, 6.45) is 81.4. The Kier molecular flexibility index (Phi) is 60.7. The molecule has 412 valence electrons. The van der Waals surface area contributed by atoms with E-state index in [1.807, 2.05) is 6.08 Å². The van der Waals surface area contributed by atoms with Gasteiger partial charge in [-0.15, -0.1) is 0 Å². The van der Waals surface area contributed by atoms with E-state index in [9.17, 15) is 15.0 Å². The van der Waals surface area contributed by atoms with Gasteiger partial charge >= 0.3 is 0 Å². The van der Waals surface area contributed by atoms with Crippen LogP contribution in [0.4, 0.5) is 0 Å². The Morgan fingerprint density at radius 2 is 0.536 bits per heavy atom. The topological polar surface area (TPSA) is 69.6 Å². The largest absolute Gasteiger partial charge is 0.394 e. The highest BCUT2D eigenvalue weighted by atomic mass is 16.3. The molecule has 0 aromatic rings. The van der Waals surface area contributed by atoms with Crippen LogP contribution in [0.3, 0.4) is 0 Å². The van der Waals surface area contributed by atoms with Gasteiger partial charge in [-0.1, -0.05) is 366 Å². The summed E-state index contributed by atoms with van der Waals surface area (Å²) < 4.78 is 0. The molecule has 3 N–H and O–H groups in total. The predicted octanol–water partition coefficient (Wildman–Crippen LogP) is 21.7. The maximum atomic E-state index is 12.5. The van der Waals surface area contributed by atoms with Gasteiger partial charge in [-0.2, -0.15) is 0 Å². The van der Waals surface area contributed by atoms with Crippen molar-refractivity contribution in [2.24, 2.45) is 0 Å². The van der Waals surface area contributed by atoms with Crippen molar-refractivity contribution in [3.8, 4) is 0 Å². The van der Waals surface area contributed by atoms with Crippen LogP contribution in [0.2, 0.25) is 0 Å². The standard InChI is InChI=1S/C65H129NO3/c1-3-5-7-9-11-13-15-17-19-21-23-25-27-28-29-30-31-32-33-34-35-36-37-39-41-43-45-47-49-51-53-55-57-59-61-65(69)66-63(62-67)64(68)60-58-56-54-52-50-48-46-44-42-40-38-26-24-22-20-18-16-14-12-10-8-6-4-2/h58,60,63-64,67-68H,3-57,59,61-62H2,1-2H3,(H,66,69)/b60-58+. The Balaban J connectivity index is 3.39. The summed E-state index contributed by atoms with van der Waals surface area (Å²) in [4.78, 5) is 12.5. The van der Waals surface area contributed by atoms with Crippen LogP contribution in [0.25, 0.3) is 0 Å². The molecule has 0 aromatic carbocycles. The lowest BCUT2D eigenvalue weighted by atomic mass is 10.0. The Morgan fingerprint density at radius 1 is 0.333 bits per heavy atom. The summed E-state index contributed by atoms with van der Waals surface area (Å²) in [7, 11) is 0. The van der Waals surface area contributed by atoms with Gasteiger partial charge in [0, 0.05) is 6.42 Å². The molecule has 1 amide bonds. The molecule has 0 aromatic heterocycles. The van der Waals surface area contributed by atoms with E-state index in [1.54, 1.807) is 6.08 Å². The van der Waals surface area contributed by atoms with Crippen molar-refractivity contribution in [3.63, 3.8) is 0 Å². The van der Waals surface area contributed by atoms with Crippen LogP contribution >= 0.6 is 0 Å². The van der Waals surface area contributed by atoms with Crippen molar-refractivity contribution in [1.29, 1.82) is 0 Å². The van der Waals surface area contributed by atoms with Gasteiger partial charge in [-0.3, -0.25) is 4.79 Å². The molecule has 0 fully saturated rings. The van der Waals surface area contributed by atoms with E-state index >= 15 is 0 Å². The first-order chi connectivity index (χ1) is 34.2. The number of rotatable bonds is 61. The smallest absolute Gasteiger partial charge is 0.220 e. The highest BCUT2D eigenvalue weighted by Crippen LogP contribution is 2.19. The fraction of sp³-hybridized carbons (Fsp3) is 0.954. The number of aliphatic hydroxyl groups excluding tert-OH is 2. The Hall–Kier alpha value is -0.870. The number of aliphatic hydroxyl groups is 2. The number of allylic oxidation sites excluding steroid dienone is 1. The van der Waals surface area contributed by atoms with E-state index in [1.165, 1.54) is 334 Å². The molecule has 0 spiro atoms. The molecule has 0 bridgehead atoms. The highest BCUT2D eigenvalue weighted by molar-refractivity contribution is 5.76. The second-order valence-electron chi connectivity index (χ2n) is 22.6. The van der Waals surface area contributed by atoms with Crippen molar-refractivity contribution in [3.05, 3.63) is 12.2 Å². The third-order valence-corrected chi connectivity index (χ3v) is 15.5. The van der Waals surface area contributed by atoms with E-state index in [0.717, 1.165) is 25.7 Å². The fourth-order valence-corrected chi connectivity index (χ4v) is 10.6. The molecule has 0 aliphatic heterocycles. The second-order valence-corrected chi connectivity index (χ2v) is 22.6. The summed E-state index contributed by atoms with van der Waals surface area (Å²) in [5, 5.41) is 23.2. The van der Waals surface area contributed by atoms with Gasteiger partial charge in [0.2, 0.25) is 5.91 Å². The Morgan fingerprint density at radius 3 is 0.754 bits per heavy atom. The number of hydrogen-bond acceptors (Lipinski definition) is 3. The summed E-state index contributed by atoms with van der Waals surface area (Å²) >= 11 is 0. The number of hydrogen-bond donors (Lipinski definition) is 3. The maximum absolute atomic E-state index is 12.5. The molecule has 0 saturated heterocycles. The van der Waals surface area contributed by atoms with Gasteiger partial charge in [0.15, 0.2) is 0 Å². The van der Waals surface area contributed by atoms with Gasteiger partial charge in [-0.25, -0.2) is 0 Å². The quantitative estimate of drug-likeness (QED) is 0.0420. The minimum Gasteiger partial charge on any atom is -0.394 e. The highest BCUT2D eigenvalue weighted by Gasteiger charge is 2.18. The van der Waals surface area contributed by atoms with Gasteiger partial charge in [-0.05, 0) is 19.3 Å². The number of carbonyl (C=O) groups is 1. The Bertz CT molecular complexity index is 967. The molecule has 0 heterocycles.